The highest BCUT2D eigenvalue weighted by atomic mass is 35.5. The molecule has 2 saturated carbocycles. The largest absolute Gasteiger partial charge is 0.378 e. The highest BCUT2D eigenvalue weighted by Crippen LogP contribution is 2.54. The Morgan fingerprint density at radius 1 is 1.29 bits per heavy atom. The Labute approximate surface area is 134 Å². The van der Waals surface area contributed by atoms with E-state index in [0.717, 1.165) is 26.0 Å². The van der Waals surface area contributed by atoms with Crippen molar-refractivity contribution in [3.63, 3.8) is 0 Å². The molecule has 0 radical (unpaired) electrons. The number of amides is 1. The zero-order valence-electron chi connectivity index (χ0n) is 13.0. The summed E-state index contributed by atoms with van der Waals surface area (Å²) in [4.78, 5) is 12.4. The molecule has 3 atom stereocenters. The first-order chi connectivity index (χ1) is 9.76. The lowest BCUT2D eigenvalue weighted by molar-refractivity contribution is -0.145. The van der Waals surface area contributed by atoms with Crippen molar-refractivity contribution in [3.8, 4) is 0 Å². The minimum atomic E-state index is 0. The van der Waals surface area contributed by atoms with Crippen LogP contribution in [0.1, 0.15) is 58.3 Å². The Morgan fingerprint density at radius 3 is 2.67 bits per heavy atom. The van der Waals surface area contributed by atoms with Crippen LogP contribution in [0.3, 0.4) is 0 Å². The van der Waals surface area contributed by atoms with Crippen molar-refractivity contribution in [2.45, 2.75) is 76.5 Å². The third-order valence-electron chi connectivity index (χ3n) is 5.63. The number of nitrogens with one attached hydrogen (secondary N) is 2. The number of hydrogen-bond acceptors (Lipinski definition) is 3. The molecule has 1 saturated heterocycles. The predicted octanol–water partition coefficient (Wildman–Crippen LogP) is 2.40. The molecule has 5 heteroatoms. The predicted molar refractivity (Wildman–Crippen MR) is 85.8 cm³/mol. The molecule has 0 bridgehead atoms. The Bertz CT molecular complexity index is 352. The van der Waals surface area contributed by atoms with Crippen molar-refractivity contribution in [2.75, 3.05) is 13.2 Å². The summed E-state index contributed by atoms with van der Waals surface area (Å²) in [6, 6.07) is 0.381. The second-order valence-corrected chi connectivity index (χ2v) is 6.68. The normalized spacial score (nSPS) is 34.0. The summed E-state index contributed by atoms with van der Waals surface area (Å²) >= 11 is 0. The van der Waals surface area contributed by atoms with Crippen LogP contribution in [0.4, 0.5) is 0 Å². The van der Waals surface area contributed by atoms with Crippen LogP contribution in [0.15, 0.2) is 0 Å². The molecule has 0 aromatic heterocycles. The van der Waals surface area contributed by atoms with Gasteiger partial charge in [0, 0.05) is 18.1 Å². The summed E-state index contributed by atoms with van der Waals surface area (Å²) in [6.07, 6.45) is 9.76. The molecule has 2 N–H and O–H groups in total. The van der Waals surface area contributed by atoms with E-state index in [4.69, 9.17) is 4.74 Å². The highest BCUT2D eigenvalue weighted by molar-refractivity contribution is 5.85. The lowest BCUT2D eigenvalue weighted by Gasteiger charge is -2.54. The van der Waals surface area contributed by atoms with Gasteiger partial charge in [-0.15, -0.1) is 12.4 Å². The van der Waals surface area contributed by atoms with Gasteiger partial charge in [-0.3, -0.25) is 4.79 Å². The minimum absolute atomic E-state index is 0. The molecule has 122 valence electrons. The van der Waals surface area contributed by atoms with Crippen molar-refractivity contribution >= 4 is 18.3 Å². The summed E-state index contributed by atoms with van der Waals surface area (Å²) in [7, 11) is 0. The second-order valence-electron chi connectivity index (χ2n) is 6.68. The molecule has 1 amide bonds. The number of halogens is 1. The number of piperidine rings is 1. The second kappa shape index (κ2) is 7.30. The molecule has 1 spiro atoms. The number of ether oxygens (including phenoxy) is 1. The van der Waals surface area contributed by atoms with Gasteiger partial charge < -0.3 is 15.4 Å². The van der Waals surface area contributed by atoms with E-state index in [9.17, 15) is 4.79 Å². The first-order valence-corrected chi connectivity index (χ1v) is 8.41. The summed E-state index contributed by atoms with van der Waals surface area (Å²) in [6.45, 7) is 3.84. The van der Waals surface area contributed by atoms with Gasteiger partial charge in [0.15, 0.2) is 0 Å². The van der Waals surface area contributed by atoms with Gasteiger partial charge in [0.05, 0.1) is 12.1 Å². The summed E-state index contributed by atoms with van der Waals surface area (Å²) in [5.74, 6) is 0.218. The van der Waals surface area contributed by atoms with Crippen molar-refractivity contribution in [3.05, 3.63) is 0 Å². The maximum atomic E-state index is 12.4. The summed E-state index contributed by atoms with van der Waals surface area (Å²) in [5, 5.41) is 6.67. The molecule has 3 rings (SSSR count). The molecular formula is C16H29ClN2O2. The molecule has 4 nitrogen and oxygen atoms in total. The third-order valence-corrected chi connectivity index (χ3v) is 5.63. The fourth-order valence-corrected chi connectivity index (χ4v) is 4.44. The van der Waals surface area contributed by atoms with E-state index in [2.05, 4.69) is 17.6 Å². The van der Waals surface area contributed by atoms with Crippen LogP contribution >= 0.6 is 12.4 Å². The third kappa shape index (κ3) is 3.22. The van der Waals surface area contributed by atoms with E-state index < -0.39 is 0 Å². The highest BCUT2D eigenvalue weighted by Gasteiger charge is 2.57. The minimum Gasteiger partial charge on any atom is -0.378 e. The van der Waals surface area contributed by atoms with Gasteiger partial charge in [-0.1, -0.05) is 19.3 Å². The standard InChI is InChI=1S/C16H28N2O2.ClH/c1-2-20-14-11-13(16(14)8-4-5-9-16)18-15(19)12-7-3-6-10-17-12;/h12-14,17H,2-11H2,1H3,(H,18,19);1H. The number of carbonyl (C=O) groups excluding carboxylic acids is 1. The van der Waals surface area contributed by atoms with Gasteiger partial charge in [-0.2, -0.15) is 0 Å². The molecule has 0 aromatic rings. The van der Waals surface area contributed by atoms with Gasteiger partial charge in [0.1, 0.15) is 0 Å². The van der Waals surface area contributed by atoms with Gasteiger partial charge in [-0.05, 0) is 45.6 Å². The van der Waals surface area contributed by atoms with Crippen LogP contribution in [0.5, 0.6) is 0 Å². The topological polar surface area (TPSA) is 50.4 Å². The molecule has 1 aliphatic heterocycles. The van der Waals surface area contributed by atoms with E-state index >= 15 is 0 Å². The van der Waals surface area contributed by atoms with Crippen molar-refractivity contribution in [1.29, 1.82) is 0 Å². The molecular weight excluding hydrogens is 288 g/mol. The van der Waals surface area contributed by atoms with E-state index in [-0.39, 0.29) is 29.8 Å². The van der Waals surface area contributed by atoms with Crippen LogP contribution < -0.4 is 10.6 Å². The maximum absolute atomic E-state index is 12.4. The SMILES string of the molecule is CCOC1CC(NC(=O)C2CCCCN2)C12CCCC2.Cl. The van der Waals surface area contributed by atoms with Gasteiger partial charge >= 0.3 is 0 Å². The van der Waals surface area contributed by atoms with Crippen LogP contribution in [-0.4, -0.2) is 37.2 Å². The Kier molecular flexibility index (Phi) is 5.92. The molecule has 2 aliphatic carbocycles. The first kappa shape index (κ1) is 17.0. The zero-order chi connectivity index (χ0) is 14.0. The first-order valence-electron chi connectivity index (χ1n) is 8.41. The van der Waals surface area contributed by atoms with Crippen molar-refractivity contribution in [2.24, 2.45) is 5.41 Å². The lowest BCUT2D eigenvalue weighted by atomic mass is 9.60. The Morgan fingerprint density at radius 2 is 2.05 bits per heavy atom. The van der Waals surface area contributed by atoms with Crippen molar-refractivity contribution in [1.82, 2.24) is 10.6 Å². The van der Waals surface area contributed by atoms with Crippen LogP contribution in [0.2, 0.25) is 0 Å². The van der Waals surface area contributed by atoms with Gasteiger partial charge in [0.25, 0.3) is 0 Å². The lowest BCUT2D eigenvalue weighted by Crippen LogP contribution is -2.65. The van der Waals surface area contributed by atoms with Crippen LogP contribution in [0, 0.1) is 5.41 Å². The quantitative estimate of drug-likeness (QED) is 0.837. The van der Waals surface area contributed by atoms with Gasteiger partial charge in [-0.25, -0.2) is 0 Å². The maximum Gasteiger partial charge on any atom is 0.237 e. The zero-order valence-corrected chi connectivity index (χ0v) is 13.8. The van der Waals surface area contributed by atoms with Crippen molar-refractivity contribution < 1.29 is 9.53 Å². The molecule has 0 aromatic carbocycles. The molecule has 3 unspecified atom stereocenters. The number of carbonyl (C=O) groups is 1. The molecule has 3 aliphatic rings. The van der Waals surface area contributed by atoms with Gasteiger partial charge in [0.2, 0.25) is 5.91 Å². The molecule has 21 heavy (non-hydrogen) atoms. The smallest absolute Gasteiger partial charge is 0.237 e. The molecule has 1 heterocycles. The van der Waals surface area contributed by atoms with E-state index in [0.29, 0.717) is 12.1 Å². The average molecular weight is 317 g/mol. The summed E-state index contributed by atoms with van der Waals surface area (Å²) < 4.78 is 5.91. The average Bonchev–Trinajstić information content (AvgIpc) is 2.99. The van der Waals surface area contributed by atoms with Crippen LogP contribution in [-0.2, 0) is 9.53 Å². The van der Waals surface area contributed by atoms with E-state index in [1.54, 1.807) is 0 Å². The summed E-state index contributed by atoms with van der Waals surface area (Å²) in [5.41, 5.74) is 0.250. The van der Waals surface area contributed by atoms with E-state index in [1.807, 2.05) is 0 Å². The molecule has 3 fully saturated rings. The number of hydrogen-bond donors (Lipinski definition) is 2. The fraction of sp³-hybridized carbons (Fsp3) is 0.938. The Balaban J connectivity index is 0.00000161. The fourth-order valence-electron chi connectivity index (χ4n) is 4.44. The van der Waals surface area contributed by atoms with E-state index in [1.165, 1.54) is 38.5 Å². The number of rotatable bonds is 4. The monoisotopic (exact) mass is 316 g/mol. The Hall–Kier alpha value is -0.320. The van der Waals surface area contributed by atoms with Crippen LogP contribution in [0.25, 0.3) is 0 Å².